The van der Waals surface area contributed by atoms with Gasteiger partial charge in [-0.25, -0.2) is 9.69 Å². The Bertz CT molecular complexity index is 1600. The molecule has 1 aliphatic heterocycles. The fourth-order valence-corrected chi connectivity index (χ4v) is 4.21. The maximum atomic E-state index is 13.2. The van der Waals surface area contributed by atoms with Crippen LogP contribution in [0.4, 0.5) is 21.9 Å². The summed E-state index contributed by atoms with van der Waals surface area (Å²) < 4.78 is 16.3. The van der Waals surface area contributed by atoms with E-state index in [1.54, 1.807) is 12.1 Å². The fraction of sp³-hybridized carbons (Fsp3) is 0.0800. The maximum absolute atomic E-state index is 13.2. The Morgan fingerprint density at radius 2 is 1.60 bits per heavy atom. The Morgan fingerprint density at radius 3 is 2.20 bits per heavy atom. The molecule has 0 spiro atoms. The van der Waals surface area contributed by atoms with Crippen LogP contribution in [-0.4, -0.2) is 41.9 Å². The van der Waals surface area contributed by atoms with E-state index in [4.69, 9.17) is 14.2 Å². The minimum atomic E-state index is -0.926. The number of nitrogens with one attached hydrogen (secondary N) is 1. The molecule has 1 heterocycles. The highest BCUT2D eigenvalue weighted by molar-refractivity contribution is 9.10. The van der Waals surface area contributed by atoms with Gasteiger partial charge in [-0.15, -0.1) is 0 Å². The minimum absolute atomic E-state index is 0.0175. The fourth-order valence-electron chi connectivity index (χ4n) is 3.67. The topological polar surface area (TPSA) is 180 Å². The number of ether oxygens (including phenoxy) is 3. The Balaban J connectivity index is 1.70. The lowest BCUT2D eigenvalue weighted by Gasteiger charge is -2.26. The number of hydrogen-bond acceptors (Lipinski definition) is 10. The number of hydrogen-bond donors (Lipinski definition) is 1. The second kappa shape index (κ2) is 11.2. The van der Waals surface area contributed by atoms with Gasteiger partial charge in [-0.1, -0.05) is 0 Å². The van der Waals surface area contributed by atoms with Crippen molar-refractivity contribution < 1.29 is 38.4 Å². The number of rotatable bonds is 8. The number of halogens is 1. The molecule has 204 valence electrons. The molecule has 0 saturated carbocycles. The minimum Gasteiger partial charge on any atom is -0.497 e. The molecule has 14 nitrogen and oxygen atoms in total. The normalized spacial score (nSPS) is 14.1. The van der Waals surface area contributed by atoms with Crippen LogP contribution in [0.1, 0.15) is 5.56 Å². The Kier molecular flexibility index (Phi) is 7.76. The number of methoxy groups -OCH3 is 2. The molecule has 1 N–H and O–H groups in total. The average molecular weight is 613 g/mol. The SMILES string of the molecule is COc1ccc(N2C(=O)NC(=O)/C(=C\c3cc(Br)c(Oc4ccc([N+](=O)[O-])cc4[N+](=O)[O-])c(OC)c3)C2=O)cc1. The number of nitrogens with zero attached hydrogens (tertiary/aromatic N) is 3. The molecule has 3 aromatic rings. The molecule has 0 aromatic heterocycles. The van der Waals surface area contributed by atoms with Gasteiger partial charge < -0.3 is 14.2 Å². The molecule has 4 rings (SSSR count). The molecule has 0 unspecified atom stereocenters. The second-order valence-corrected chi connectivity index (χ2v) is 8.81. The van der Waals surface area contributed by atoms with Crippen molar-refractivity contribution >= 4 is 56.9 Å². The predicted octanol–water partition coefficient (Wildman–Crippen LogP) is 4.74. The number of amides is 4. The summed E-state index contributed by atoms with van der Waals surface area (Å²) in [6.07, 6.45) is 1.23. The lowest BCUT2D eigenvalue weighted by molar-refractivity contribution is -0.394. The van der Waals surface area contributed by atoms with E-state index in [-0.39, 0.29) is 38.5 Å². The lowest BCUT2D eigenvalue weighted by Crippen LogP contribution is -2.54. The number of barbiturate groups is 1. The standard InChI is InChI=1S/C25H17BrN4O10/c1-38-16-6-3-14(4-7-16)28-24(32)17(23(31)27-25(28)33)9-13-10-18(26)22(21(11-13)39-2)40-20-8-5-15(29(34)35)12-19(20)30(36)37/h3-12H,1-2H3,(H,27,31,33)/b17-9+. The first-order chi connectivity index (χ1) is 19.0. The zero-order valence-electron chi connectivity index (χ0n) is 20.6. The number of urea groups is 1. The molecule has 0 bridgehead atoms. The molecule has 3 aromatic carbocycles. The van der Waals surface area contributed by atoms with Gasteiger partial charge in [0.15, 0.2) is 11.5 Å². The number of carbonyl (C=O) groups excluding carboxylic acids is 3. The van der Waals surface area contributed by atoms with Crippen LogP contribution in [0.5, 0.6) is 23.0 Å². The van der Waals surface area contributed by atoms with E-state index < -0.39 is 39.1 Å². The number of non-ortho nitro benzene ring substituents is 1. The van der Waals surface area contributed by atoms with Crippen LogP contribution in [0.25, 0.3) is 6.08 Å². The van der Waals surface area contributed by atoms with Crippen molar-refractivity contribution in [3.63, 3.8) is 0 Å². The number of benzene rings is 3. The van der Waals surface area contributed by atoms with Crippen molar-refractivity contribution in [3.05, 3.63) is 90.4 Å². The molecule has 15 heteroatoms. The number of nitro groups is 2. The summed E-state index contributed by atoms with van der Waals surface area (Å²) >= 11 is 3.29. The molecule has 1 aliphatic rings. The molecule has 1 saturated heterocycles. The average Bonchev–Trinajstić information content (AvgIpc) is 2.92. The van der Waals surface area contributed by atoms with Crippen molar-refractivity contribution in [3.8, 4) is 23.0 Å². The summed E-state index contributed by atoms with van der Waals surface area (Å²) in [4.78, 5) is 59.9. The Hall–Kier alpha value is -5.31. The molecule has 1 fully saturated rings. The van der Waals surface area contributed by atoms with Gasteiger partial charge in [0.25, 0.3) is 17.5 Å². The molecule has 0 radical (unpaired) electrons. The van der Waals surface area contributed by atoms with E-state index >= 15 is 0 Å². The van der Waals surface area contributed by atoms with Crippen LogP contribution in [0.3, 0.4) is 0 Å². The zero-order chi connectivity index (χ0) is 29.1. The van der Waals surface area contributed by atoms with Crippen LogP contribution < -0.4 is 24.4 Å². The van der Waals surface area contributed by atoms with E-state index in [0.717, 1.165) is 23.1 Å². The quantitative estimate of drug-likeness (QED) is 0.161. The van der Waals surface area contributed by atoms with Gasteiger partial charge in [-0.3, -0.25) is 35.1 Å². The summed E-state index contributed by atoms with van der Waals surface area (Å²) in [6, 6.07) is 10.8. The van der Waals surface area contributed by atoms with Crippen molar-refractivity contribution in [1.82, 2.24) is 5.32 Å². The third-order valence-corrected chi connectivity index (χ3v) is 6.15. The highest BCUT2D eigenvalue weighted by Crippen LogP contribution is 2.43. The first-order valence-electron chi connectivity index (χ1n) is 11.1. The van der Waals surface area contributed by atoms with Crippen molar-refractivity contribution in [2.45, 2.75) is 0 Å². The van der Waals surface area contributed by atoms with Gasteiger partial charge in [0.2, 0.25) is 5.75 Å². The van der Waals surface area contributed by atoms with Crippen LogP contribution in [0.2, 0.25) is 0 Å². The van der Waals surface area contributed by atoms with Gasteiger partial charge in [-0.05, 0) is 70.0 Å². The summed E-state index contributed by atoms with van der Waals surface area (Å²) in [5, 5.41) is 24.6. The van der Waals surface area contributed by atoms with E-state index in [9.17, 15) is 34.6 Å². The van der Waals surface area contributed by atoms with E-state index in [2.05, 4.69) is 21.2 Å². The first-order valence-corrected chi connectivity index (χ1v) is 11.9. The molecular formula is C25H17BrN4O10. The third-order valence-electron chi connectivity index (χ3n) is 5.56. The van der Waals surface area contributed by atoms with Crippen molar-refractivity contribution in [1.29, 1.82) is 0 Å². The summed E-state index contributed by atoms with van der Waals surface area (Å²) in [6.45, 7) is 0. The second-order valence-electron chi connectivity index (χ2n) is 7.96. The first kappa shape index (κ1) is 27.7. The number of nitro benzene ring substituents is 2. The van der Waals surface area contributed by atoms with Gasteiger partial charge in [0.05, 0.1) is 40.3 Å². The van der Waals surface area contributed by atoms with Gasteiger partial charge in [-0.2, -0.15) is 0 Å². The number of anilines is 1. The van der Waals surface area contributed by atoms with E-state index in [1.165, 1.54) is 44.6 Å². The smallest absolute Gasteiger partial charge is 0.335 e. The van der Waals surface area contributed by atoms with Gasteiger partial charge in [0.1, 0.15) is 11.3 Å². The molecular weight excluding hydrogens is 596 g/mol. The van der Waals surface area contributed by atoms with Crippen molar-refractivity contribution in [2.75, 3.05) is 19.1 Å². The number of carbonyl (C=O) groups is 3. The summed E-state index contributed by atoms with van der Waals surface area (Å²) in [7, 11) is 2.75. The molecule has 0 aliphatic carbocycles. The summed E-state index contributed by atoms with van der Waals surface area (Å²) in [5.74, 6) is -1.57. The Labute approximate surface area is 233 Å². The maximum Gasteiger partial charge on any atom is 0.335 e. The largest absolute Gasteiger partial charge is 0.497 e. The van der Waals surface area contributed by atoms with Crippen LogP contribution in [-0.2, 0) is 9.59 Å². The Morgan fingerprint density at radius 1 is 0.900 bits per heavy atom. The zero-order valence-corrected chi connectivity index (χ0v) is 22.2. The molecule has 0 atom stereocenters. The van der Waals surface area contributed by atoms with E-state index in [1.807, 2.05) is 0 Å². The lowest BCUT2D eigenvalue weighted by atomic mass is 10.1. The monoisotopic (exact) mass is 612 g/mol. The van der Waals surface area contributed by atoms with Crippen molar-refractivity contribution in [2.24, 2.45) is 0 Å². The molecule has 40 heavy (non-hydrogen) atoms. The van der Waals surface area contributed by atoms with Crippen LogP contribution in [0, 0.1) is 20.2 Å². The van der Waals surface area contributed by atoms with Gasteiger partial charge in [0, 0.05) is 6.07 Å². The highest BCUT2D eigenvalue weighted by atomic mass is 79.9. The van der Waals surface area contributed by atoms with E-state index in [0.29, 0.717) is 5.75 Å². The van der Waals surface area contributed by atoms with Crippen LogP contribution in [0.15, 0.2) is 64.6 Å². The highest BCUT2D eigenvalue weighted by Gasteiger charge is 2.37. The number of imide groups is 2. The third kappa shape index (κ3) is 5.44. The van der Waals surface area contributed by atoms with Crippen LogP contribution >= 0.6 is 15.9 Å². The summed E-state index contributed by atoms with van der Waals surface area (Å²) in [5.41, 5.74) is -1.03. The van der Waals surface area contributed by atoms with Gasteiger partial charge >= 0.3 is 11.7 Å². The molecule has 4 amide bonds. The predicted molar refractivity (Wildman–Crippen MR) is 143 cm³/mol.